The largest absolute Gasteiger partial charge is 0.408 e. The lowest BCUT2D eigenvalue weighted by Gasteiger charge is -2.12. The smallest absolute Gasteiger partial charge is 0.322 e. The van der Waals surface area contributed by atoms with Crippen molar-refractivity contribution in [1.82, 2.24) is 10.2 Å². The lowest BCUT2D eigenvalue weighted by molar-refractivity contribution is -0.116. The van der Waals surface area contributed by atoms with Gasteiger partial charge in [-0.25, -0.2) is 0 Å². The van der Waals surface area contributed by atoms with E-state index in [2.05, 4.69) is 22.4 Å². The van der Waals surface area contributed by atoms with Crippen LogP contribution in [-0.2, 0) is 4.79 Å². The van der Waals surface area contributed by atoms with Gasteiger partial charge >= 0.3 is 6.01 Å². The number of aromatic nitrogens is 2. The number of nitrogens with one attached hydrogen (secondary N) is 1. The zero-order valence-electron chi connectivity index (χ0n) is 11.4. The molecule has 1 fully saturated rings. The zero-order chi connectivity index (χ0) is 13.7. The molecule has 6 heteroatoms. The lowest BCUT2D eigenvalue weighted by Crippen LogP contribution is -2.15. The van der Waals surface area contributed by atoms with E-state index in [4.69, 9.17) is 10.2 Å². The Morgan fingerprint density at radius 1 is 1.47 bits per heavy atom. The molecule has 0 bridgehead atoms. The van der Waals surface area contributed by atoms with Crippen LogP contribution < -0.4 is 11.1 Å². The molecule has 0 spiro atoms. The van der Waals surface area contributed by atoms with Gasteiger partial charge in [-0.15, -0.1) is 5.10 Å². The highest BCUT2D eigenvalue weighted by Gasteiger charge is 2.29. The van der Waals surface area contributed by atoms with Gasteiger partial charge in [-0.3, -0.25) is 10.1 Å². The highest BCUT2D eigenvalue weighted by molar-refractivity contribution is 5.88. The van der Waals surface area contributed by atoms with Gasteiger partial charge in [0.15, 0.2) is 0 Å². The Morgan fingerprint density at radius 2 is 2.26 bits per heavy atom. The normalized spacial score (nSPS) is 16.3. The van der Waals surface area contributed by atoms with Crippen LogP contribution in [0.3, 0.4) is 0 Å². The average Bonchev–Trinajstić information content (AvgIpc) is 3.16. The fraction of sp³-hybridized carbons (Fsp3) is 0.769. The minimum Gasteiger partial charge on any atom is -0.408 e. The highest BCUT2D eigenvalue weighted by Crippen LogP contribution is 2.39. The maximum absolute atomic E-state index is 11.8. The molecule has 2 rings (SSSR count). The van der Waals surface area contributed by atoms with Crippen LogP contribution in [0.25, 0.3) is 0 Å². The second-order valence-electron chi connectivity index (χ2n) is 5.16. The van der Waals surface area contributed by atoms with Crippen molar-refractivity contribution < 1.29 is 9.21 Å². The number of nitrogens with two attached hydrogens (primary N) is 1. The van der Waals surface area contributed by atoms with E-state index in [1.54, 1.807) is 0 Å². The number of carbonyl (C=O) groups excluding carboxylic acids is 1. The summed E-state index contributed by atoms with van der Waals surface area (Å²) >= 11 is 0. The Bertz CT molecular complexity index is 415. The molecule has 1 aromatic rings. The van der Waals surface area contributed by atoms with Gasteiger partial charge < -0.3 is 10.2 Å². The molecule has 19 heavy (non-hydrogen) atoms. The zero-order valence-corrected chi connectivity index (χ0v) is 11.4. The van der Waals surface area contributed by atoms with Crippen molar-refractivity contribution in [2.24, 2.45) is 11.7 Å². The van der Waals surface area contributed by atoms with E-state index < -0.39 is 0 Å². The van der Waals surface area contributed by atoms with Crippen LogP contribution in [0.4, 0.5) is 6.01 Å². The van der Waals surface area contributed by atoms with Crippen molar-refractivity contribution in [1.29, 1.82) is 0 Å². The highest BCUT2D eigenvalue weighted by atomic mass is 16.4. The molecule has 1 amide bonds. The monoisotopic (exact) mass is 266 g/mol. The molecule has 0 radical (unpaired) electrons. The quantitative estimate of drug-likeness (QED) is 0.751. The molecule has 0 aromatic carbocycles. The van der Waals surface area contributed by atoms with Crippen LogP contribution in [0.5, 0.6) is 0 Å². The number of amides is 1. The maximum Gasteiger partial charge on any atom is 0.322 e. The van der Waals surface area contributed by atoms with Crippen molar-refractivity contribution in [2.45, 2.75) is 51.4 Å². The molecule has 106 valence electrons. The van der Waals surface area contributed by atoms with Gasteiger partial charge in [0, 0.05) is 12.3 Å². The summed E-state index contributed by atoms with van der Waals surface area (Å²) in [5, 5.41) is 10.4. The summed E-state index contributed by atoms with van der Waals surface area (Å²) in [6.07, 6.45) is 5.55. The Kier molecular flexibility index (Phi) is 4.90. The summed E-state index contributed by atoms with van der Waals surface area (Å²) in [7, 11) is 0. The van der Waals surface area contributed by atoms with Gasteiger partial charge in [-0.2, -0.15) is 0 Å². The Morgan fingerprint density at radius 3 is 2.89 bits per heavy atom. The van der Waals surface area contributed by atoms with Crippen LogP contribution in [0, 0.1) is 5.92 Å². The lowest BCUT2D eigenvalue weighted by atomic mass is 9.96. The average molecular weight is 266 g/mol. The van der Waals surface area contributed by atoms with E-state index in [9.17, 15) is 4.79 Å². The summed E-state index contributed by atoms with van der Waals surface area (Å²) in [5.74, 6) is 1.50. The van der Waals surface area contributed by atoms with Gasteiger partial charge in [0.1, 0.15) is 0 Å². The second kappa shape index (κ2) is 6.65. The predicted molar refractivity (Wildman–Crippen MR) is 71.6 cm³/mol. The molecule has 1 aliphatic rings. The van der Waals surface area contributed by atoms with Gasteiger partial charge in [0.05, 0.1) is 0 Å². The van der Waals surface area contributed by atoms with E-state index in [0.29, 0.717) is 30.7 Å². The fourth-order valence-corrected chi connectivity index (χ4v) is 2.09. The van der Waals surface area contributed by atoms with Crippen LogP contribution in [-0.4, -0.2) is 22.6 Å². The summed E-state index contributed by atoms with van der Waals surface area (Å²) in [4.78, 5) is 11.8. The first kappa shape index (κ1) is 14.0. The number of hydrogen-bond donors (Lipinski definition) is 2. The molecule has 1 aliphatic carbocycles. The van der Waals surface area contributed by atoms with Gasteiger partial charge in [0.2, 0.25) is 11.8 Å². The summed E-state index contributed by atoms with van der Waals surface area (Å²) in [6.45, 7) is 2.80. The standard InChI is InChI=1S/C13H22N4O2/c1-2-9(7-8-14)3-6-11(18)15-13-17-16-12(19-13)10-4-5-10/h9-10H,2-8,14H2,1H3,(H,15,17,18). The molecular formula is C13H22N4O2. The third-order valence-corrected chi connectivity index (χ3v) is 3.55. The Balaban J connectivity index is 1.73. The van der Waals surface area contributed by atoms with Gasteiger partial charge in [0.25, 0.3) is 0 Å². The molecule has 1 aromatic heterocycles. The first-order valence-corrected chi connectivity index (χ1v) is 7.06. The van der Waals surface area contributed by atoms with Gasteiger partial charge in [-0.05, 0) is 38.1 Å². The topological polar surface area (TPSA) is 94.0 Å². The molecule has 0 saturated heterocycles. The van der Waals surface area contributed by atoms with Crippen molar-refractivity contribution in [3.8, 4) is 0 Å². The Labute approximate surface area is 113 Å². The van der Waals surface area contributed by atoms with Crippen molar-refractivity contribution >= 4 is 11.9 Å². The number of carbonyl (C=O) groups is 1. The second-order valence-corrected chi connectivity index (χ2v) is 5.16. The van der Waals surface area contributed by atoms with Crippen molar-refractivity contribution in [2.75, 3.05) is 11.9 Å². The molecular weight excluding hydrogens is 244 g/mol. The Hall–Kier alpha value is -1.43. The fourth-order valence-electron chi connectivity index (χ4n) is 2.09. The summed E-state index contributed by atoms with van der Waals surface area (Å²) in [6, 6.07) is 0.221. The van der Waals surface area contributed by atoms with E-state index in [0.717, 1.165) is 32.1 Å². The first-order valence-electron chi connectivity index (χ1n) is 7.06. The molecule has 1 unspecified atom stereocenters. The van der Waals surface area contributed by atoms with Crippen LogP contribution in [0.2, 0.25) is 0 Å². The molecule has 1 saturated carbocycles. The van der Waals surface area contributed by atoms with E-state index >= 15 is 0 Å². The van der Waals surface area contributed by atoms with Crippen LogP contribution in [0.1, 0.15) is 57.3 Å². The third kappa shape index (κ3) is 4.31. The van der Waals surface area contributed by atoms with E-state index in [1.165, 1.54) is 0 Å². The molecule has 0 aliphatic heterocycles. The number of hydrogen-bond acceptors (Lipinski definition) is 5. The predicted octanol–water partition coefficient (Wildman–Crippen LogP) is 2.04. The molecule has 3 N–H and O–H groups in total. The minimum absolute atomic E-state index is 0.0681. The maximum atomic E-state index is 11.8. The summed E-state index contributed by atoms with van der Waals surface area (Å²) in [5.41, 5.74) is 5.54. The van der Waals surface area contributed by atoms with Crippen molar-refractivity contribution in [3.63, 3.8) is 0 Å². The number of rotatable bonds is 8. The molecule has 1 heterocycles. The van der Waals surface area contributed by atoms with Crippen molar-refractivity contribution in [3.05, 3.63) is 5.89 Å². The first-order chi connectivity index (χ1) is 9.22. The van der Waals surface area contributed by atoms with E-state index in [1.807, 2.05) is 0 Å². The summed E-state index contributed by atoms with van der Waals surface area (Å²) < 4.78 is 5.38. The molecule has 6 nitrogen and oxygen atoms in total. The van der Waals surface area contributed by atoms with Crippen LogP contribution in [0.15, 0.2) is 4.42 Å². The van der Waals surface area contributed by atoms with Gasteiger partial charge in [-0.1, -0.05) is 18.4 Å². The molecule has 1 atom stereocenters. The number of nitrogens with zero attached hydrogens (tertiary/aromatic N) is 2. The third-order valence-electron chi connectivity index (χ3n) is 3.55. The number of anilines is 1. The SMILES string of the molecule is CCC(CCN)CCC(=O)Nc1nnc(C2CC2)o1. The van der Waals surface area contributed by atoms with Crippen LogP contribution >= 0.6 is 0 Å². The van der Waals surface area contributed by atoms with E-state index in [-0.39, 0.29) is 11.9 Å². The minimum atomic E-state index is -0.0681.